The molecular formula is C10H14N2O4S. The van der Waals surface area contributed by atoms with Gasteiger partial charge in [0, 0.05) is 18.2 Å². The van der Waals surface area contributed by atoms with Gasteiger partial charge in [0.2, 0.25) is 10.0 Å². The maximum Gasteiger partial charge on any atom is 0.269 e. The van der Waals surface area contributed by atoms with Crippen LogP contribution in [0.15, 0.2) is 24.3 Å². The first-order valence-corrected chi connectivity index (χ1v) is 6.69. The number of rotatable bonds is 5. The van der Waals surface area contributed by atoms with Crippen LogP contribution in [-0.2, 0) is 15.8 Å². The third-order valence-corrected chi connectivity index (χ3v) is 3.46. The van der Waals surface area contributed by atoms with E-state index in [0.29, 0.717) is 5.56 Å². The first-order valence-electron chi connectivity index (χ1n) is 5.03. The van der Waals surface area contributed by atoms with Crippen LogP contribution >= 0.6 is 0 Å². The molecule has 0 heterocycles. The van der Waals surface area contributed by atoms with Gasteiger partial charge in [0.05, 0.1) is 10.7 Å². The predicted octanol–water partition coefficient (Wildman–Crippen LogP) is 1.42. The average molecular weight is 258 g/mol. The van der Waals surface area contributed by atoms with Crippen LogP contribution < -0.4 is 4.72 Å². The van der Waals surface area contributed by atoms with Crippen LogP contribution in [-0.4, -0.2) is 19.4 Å². The Morgan fingerprint density at radius 1 is 1.29 bits per heavy atom. The van der Waals surface area contributed by atoms with Crippen molar-refractivity contribution in [2.45, 2.75) is 25.6 Å². The Bertz CT molecular complexity index is 494. The van der Waals surface area contributed by atoms with Crippen LogP contribution in [0.2, 0.25) is 0 Å². The highest BCUT2D eigenvalue weighted by Crippen LogP contribution is 2.13. The fourth-order valence-corrected chi connectivity index (χ4v) is 2.77. The van der Waals surface area contributed by atoms with Gasteiger partial charge in [-0.15, -0.1) is 0 Å². The van der Waals surface area contributed by atoms with Crippen LogP contribution in [0.3, 0.4) is 0 Å². The molecule has 0 aliphatic heterocycles. The largest absolute Gasteiger partial charge is 0.269 e. The minimum Gasteiger partial charge on any atom is -0.258 e. The Kier molecular flexibility index (Phi) is 4.19. The number of nitro benzene ring substituents is 1. The van der Waals surface area contributed by atoms with E-state index in [2.05, 4.69) is 4.72 Å². The van der Waals surface area contributed by atoms with Crippen molar-refractivity contribution in [3.63, 3.8) is 0 Å². The molecule has 0 saturated carbocycles. The number of non-ortho nitro benzene ring substituents is 1. The van der Waals surface area contributed by atoms with Crippen LogP contribution in [0, 0.1) is 10.1 Å². The van der Waals surface area contributed by atoms with Crippen molar-refractivity contribution in [1.82, 2.24) is 4.72 Å². The molecule has 94 valence electrons. The van der Waals surface area contributed by atoms with Crippen molar-refractivity contribution in [1.29, 1.82) is 0 Å². The van der Waals surface area contributed by atoms with Crippen molar-refractivity contribution in [3.8, 4) is 0 Å². The summed E-state index contributed by atoms with van der Waals surface area (Å²) >= 11 is 0. The number of hydrogen-bond donors (Lipinski definition) is 1. The van der Waals surface area contributed by atoms with E-state index in [4.69, 9.17) is 0 Å². The quantitative estimate of drug-likeness (QED) is 0.639. The van der Waals surface area contributed by atoms with Gasteiger partial charge in [0.15, 0.2) is 0 Å². The Morgan fingerprint density at radius 3 is 2.24 bits per heavy atom. The molecule has 1 aromatic rings. The van der Waals surface area contributed by atoms with Crippen LogP contribution in [0.5, 0.6) is 0 Å². The normalized spacial score (nSPS) is 11.7. The topological polar surface area (TPSA) is 89.3 Å². The number of nitrogens with one attached hydrogen (secondary N) is 1. The first-order chi connectivity index (χ1) is 7.80. The van der Waals surface area contributed by atoms with Gasteiger partial charge in [-0.2, -0.15) is 0 Å². The Balaban J connectivity index is 2.79. The lowest BCUT2D eigenvalue weighted by Gasteiger charge is -2.09. The second kappa shape index (κ2) is 5.24. The van der Waals surface area contributed by atoms with Gasteiger partial charge in [-0.25, -0.2) is 13.1 Å². The van der Waals surface area contributed by atoms with E-state index in [9.17, 15) is 18.5 Å². The van der Waals surface area contributed by atoms with E-state index >= 15 is 0 Å². The average Bonchev–Trinajstić information content (AvgIpc) is 2.15. The molecule has 0 atom stereocenters. The van der Waals surface area contributed by atoms with E-state index in [1.54, 1.807) is 13.8 Å². The van der Waals surface area contributed by atoms with Crippen LogP contribution in [0.25, 0.3) is 0 Å². The molecular weight excluding hydrogens is 244 g/mol. The molecule has 0 aliphatic carbocycles. The lowest BCUT2D eigenvalue weighted by Crippen LogP contribution is -2.31. The Hall–Kier alpha value is -1.47. The highest BCUT2D eigenvalue weighted by Gasteiger charge is 2.13. The molecule has 1 aromatic carbocycles. The third-order valence-electron chi connectivity index (χ3n) is 1.92. The lowest BCUT2D eigenvalue weighted by molar-refractivity contribution is -0.384. The Morgan fingerprint density at radius 2 is 1.82 bits per heavy atom. The van der Waals surface area contributed by atoms with Gasteiger partial charge in [-0.05, 0) is 19.4 Å². The molecule has 0 radical (unpaired) electrons. The third kappa shape index (κ3) is 4.49. The maximum absolute atomic E-state index is 11.6. The molecule has 0 amide bonds. The lowest BCUT2D eigenvalue weighted by atomic mass is 10.2. The molecule has 0 saturated heterocycles. The molecule has 0 fully saturated rings. The SMILES string of the molecule is CC(C)NS(=O)(=O)Cc1ccc([N+](=O)[O-])cc1. The van der Waals surface area contributed by atoms with Crippen molar-refractivity contribution in [3.05, 3.63) is 39.9 Å². The molecule has 0 aromatic heterocycles. The summed E-state index contributed by atoms with van der Waals surface area (Å²) < 4.78 is 25.6. The van der Waals surface area contributed by atoms with Crippen LogP contribution in [0.4, 0.5) is 5.69 Å². The minimum atomic E-state index is -3.39. The van der Waals surface area contributed by atoms with E-state index < -0.39 is 14.9 Å². The van der Waals surface area contributed by atoms with Gasteiger partial charge in [-0.1, -0.05) is 12.1 Å². The van der Waals surface area contributed by atoms with E-state index in [-0.39, 0.29) is 17.5 Å². The molecule has 0 spiro atoms. The molecule has 0 bridgehead atoms. The minimum absolute atomic E-state index is 0.0528. The number of sulfonamides is 1. The first kappa shape index (κ1) is 13.6. The highest BCUT2D eigenvalue weighted by molar-refractivity contribution is 7.88. The van der Waals surface area contributed by atoms with E-state index in [1.165, 1.54) is 24.3 Å². The molecule has 17 heavy (non-hydrogen) atoms. The van der Waals surface area contributed by atoms with Gasteiger partial charge in [-0.3, -0.25) is 10.1 Å². The summed E-state index contributed by atoms with van der Waals surface area (Å²) in [6.45, 7) is 3.46. The van der Waals surface area contributed by atoms with E-state index in [1.807, 2.05) is 0 Å². The summed E-state index contributed by atoms with van der Waals surface area (Å²) in [5, 5.41) is 10.4. The van der Waals surface area contributed by atoms with Crippen molar-refractivity contribution in [2.24, 2.45) is 0 Å². The van der Waals surface area contributed by atoms with Crippen LogP contribution in [0.1, 0.15) is 19.4 Å². The molecule has 7 heteroatoms. The number of benzene rings is 1. The Labute approximate surface area is 99.9 Å². The summed E-state index contributed by atoms with van der Waals surface area (Å²) in [6.07, 6.45) is 0. The second-order valence-corrected chi connectivity index (χ2v) is 5.71. The number of hydrogen-bond acceptors (Lipinski definition) is 4. The van der Waals surface area contributed by atoms with Gasteiger partial charge in [0.25, 0.3) is 5.69 Å². The zero-order valence-corrected chi connectivity index (χ0v) is 10.4. The van der Waals surface area contributed by atoms with Crippen molar-refractivity contribution in [2.75, 3.05) is 0 Å². The molecule has 1 N–H and O–H groups in total. The monoisotopic (exact) mass is 258 g/mol. The summed E-state index contributed by atoms with van der Waals surface area (Å²) in [4.78, 5) is 9.89. The molecule has 6 nitrogen and oxygen atoms in total. The zero-order valence-electron chi connectivity index (χ0n) is 9.58. The van der Waals surface area contributed by atoms with Crippen molar-refractivity contribution >= 4 is 15.7 Å². The standard InChI is InChI=1S/C10H14N2O4S/c1-8(2)11-17(15,16)7-9-3-5-10(6-4-9)12(13)14/h3-6,8,11H,7H2,1-2H3. The predicted molar refractivity (Wildman–Crippen MR) is 64.0 cm³/mol. The van der Waals surface area contributed by atoms with Crippen molar-refractivity contribution < 1.29 is 13.3 Å². The zero-order chi connectivity index (χ0) is 13.1. The fourth-order valence-electron chi connectivity index (χ4n) is 1.33. The summed E-state index contributed by atoms with van der Waals surface area (Å²) in [5.74, 6) is -0.177. The number of nitro groups is 1. The maximum atomic E-state index is 11.6. The molecule has 1 rings (SSSR count). The smallest absolute Gasteiger partial charge is 0.258 e. The number of nitrogens with zero attached hydrogens (tertiary/aromatic N) is 1. The van der Waals surface area contributed by atoms with Gasteiger partial charge in [0.1, 0.15) is 0 Å². The molecule has 0 aliphatic rings. The summed E-state index contributed by atoms with van der Waals surface area (Å²) in [7, 11) is -3.39. The molecule has 0 unspecified atom stereocenters. The van der Waals surface area contributed by atoms with Gasteiger partial charge >= 0.3 is 0 Å². The summed E-state index contributed by atoms with van der Waals surface area (Å²) in [5.41, 5.74) is 0.465. The second-order valence-electron chi connectivity index (χ2n) is 3.96. The van der Waals surface area contributed by atoms with Gasteiger partial charge < -0.3 is 0 Å². The van der Waals surface area contributed by atoms with E-state index in [0.717, 1.165) is 0 Å². The highest BCUT2D eigenvalue weighted by atomic mass is 32.2. The fraction of sp³-hybridized carbons (Fsp3) is 0.400. The summed E-state index contributed by atoms with van der Waals surface area (Å²) in [6, 6.07) is 5.30.